The van der Waals surface area contributed by atoms with E-state index in [1.165, 1.54) is 13.2 Å². The summed E-state index contributed by atoms with van der Waals surface area (Å²) in [5, 5.41) is 0. The smallest absolute Gasteiger partial charge is 0.416 e. The monoisotopic (exact) mass is 519 g/mol. The maximum absolute atomic E-state index is 14.7. The maximum atomic E-state index is 14.7. The molecule has 37 heavy (non-hydrogen) atoms. The number of aryl methyl sites for hydroxylation is 1. The summed E-state index contributed by atoms with van der Waals surface area (Å²) in [5.41, 5.74) is 3.52. The third-order valence-corrected chi connectivity index (χ3v) is 7.36. The first-order valence-electron chi connectivity index (χ1n) is 12.7. The number of alkyl halides is 3. The number of ether oxygens (including phenoxy) is 2. The molecule has 0 spiro atoms. The molecule has 4 rings (SSSR count). The Bertz CT molecular complexity index is 1220. The zero-order valence-electron chi connectivity index (χ0n) is 21.8. The average molecular weight is 520 g/mol. The molecule has 1 amide bonds. The summed E-state index contributed by atoms with van der Waals surface area (Å²) in [6.07, 6.45) is -2.42. The van der Waals surface area contributed by atoms with Crippen molar-refractivity contribution >= 4 is 11.7 Å². The molecule has 2 atom stereocenters. The van der Waals surface area contributed by atoms with Crippen molar-refractivity contribution in [2.45, 2.75) is 77.6 Å². The first kappa shape index (κ1) is 27.0. The van der Waals surface area contributed by atoms with E-state index in [1.807, 2.05) is 19.9 Å². The van der Waals surface area contributed by atoms with Gasteiger partial charge in [0, 0.05) is 18.2 Å². The quantitative estimate of drug-likeness (QED) is 0.361. The number of hydrogen-bond acceptors (Lipinski definition) is 3. The highest BCUT2D eigenvalue weighted by molar-refractivity contribution is 5.77. The van der Waals surface area contributed by atoms with Crippen LogP contribution in [0.2, 0.25) is 0 Å². The highest BCUT2D eigenvalue weighted by atomic mass is 19.4. The lowest BCUT2D eigenvalue weighted by Crippen LogP contribution is -2.34. The molecule has 4 nitrogen and oxygen atoms in total. The number of benzene rings is 2. The summed E-state index contributed by atoms with van der Waals surface area (Å²) >= 11 is 0. The molecule has 0 unspecified atom stereocenters. The van der Waals surface area contributed by atoms with E-state index in [2.05, 4.69) is 0 Å². The molecule has 1 heterocycles. The largest absolute Gasteiger partial charge is 0.496 e. The minimum absolute atomic E-state index is 0.0115. The van der Waals surface area contributed by atoms with Gasteiger partial charge in [0.25, 0.3) is 0 Å². The maximum Gasteiger partial charge on any atom is 0.416 e. The minimum atomic E-state index is -4.49. The van der Waals surface area contributed by atoms with Crippen molar-refractivity contribution in [3.63, 3.8) is 0 Å². The van der Waals surface area contributed by atoms with Crippen molar-refractivity contribution < 1.29 is 31.8 Å². The van der Waals surface area contributed by atoms with E-state index in [0.29, 0.717) is 29.0 Å². The molecule has 8 heteroatoms. The van der Waals surface area contributed by atoms with Crippen molar-refractivity contribution in [2.75, 3.05) is 13.7 Å². The van der Waals surface area contributed by atoms with Gasteiger partial charge >= 0.3 is 12.3 Å². The lowest BCUT2D eigenvalue weighted by atomic mass is 9.85. The summed E-state index contributed by atoms with van der Waals surface area (Å²) in [6.45, 7) is 7.55. The van der Waals surface area contributed by atoms with Crippen molar-refractivity contribution in [3.05, 3.63) is 69.5 Å². The molecular formula is C29H33F4NO3. The van der Waals surface area contributed by atoms with E-state index < -0.39 is 30.0 Å². The standard InChI is InChI=1S/C29H33F4NO3/c1-16(2)23-13-24(26(36-5)14-25(23)30)22-9-7-6-8-19(22)15-34-18(4)27(37-28(34)35)20-10-17(3)11-21(12-20)29(31,32)33/h10-14,16,18,27H,6-9,15H2,1-5H3/t18-,27-/m0/s1. The zero-order chi connectivity index (χ0) is 27.1. The molecule has 200 valence electrons. The summed E-state index contributed by atoms with van der Waals surface area (Å²) in [7, 11) is 1.51. The third-order valence-electron chi connectivity index (χ3n) is 7.36. The predicted molar refractivity (Wildman–Crippen MR) is 134 cm³/mol. The fraction of sp³-hybridized carbons (Fsp3) is 0.483. The Morgan fingerprint density at radius 2 is 1.81 bits per heavy atom. The van der Waals surface area contributed by atoms with Crippen molar-refractivity contribution in [1.29, 1.82) is 0 Å². The number of carbonyl (C=O) groups is 1. The molecule has 1 saturated heterocycles. The number of nitrogens with zero attached hydrogens (tertiary/aromatic N) is 1. The van der Waals surface area contributed by atoms with Gasteiger partial charge in [0.15, 0.2) is 0 Å². The molecule has 0 aromatic heterocycles. The van der Waals surface area contributed by atoms with Crippen LogP contribution in [0.5, 0.6) is 5.75 Å². The Morgan fingerprint density at radius 1 is 1.11 bits per heavy atom. The summed E-state index contributed by atoms with van der Waals surface area (Å²) in [5.74, 6) is 0.123. The van der Waals surface area contributed by atoms with E-state index in [1.54, 1.807) is 24.8 Å². The molecule has 1 aliphatic heterocycles. The first-order valence-corrected chi connectivity index (χ1v) is 12.7. The molecule has 1 fully saturated rings. The second-order valence-electron chi connectivity index (χ2n) is 10.3. The number of amides is 1. The van der Waals surface area contributed by atoms with Crippen molar-refractivity contribution in [2.24, 2.45) is 0 Å². The molecule has 0 N–H and O–H groups in total. The molecule has 2 aliphatic rings. The summed E-state index contributed by atoms with van der Waals surface area (Å²) in [6, 6.07) is 6.58. The lowest BCUT2D eigenvalue weighted by Gasteiger charge is -2.28. The van der Waals surface area contributed by atoms with E-state index in [4.69, 9.17) is 9.47 Å². The first-order chi connectivity index (χ1) is 17.4. The Labute approximate surface area is 215 Å². The number of halogens is 4. The molecule has 0 bridgehead atoms. The highest BCUT2D eigenvalue weighted by Crippen LogP contribution is 2.42. The Morgan fingerprint density at radius 3 is 2.46 bits per heavy atom. The van der Waals surface area contributed by atoms with Gasteiger partial charge in [0.1, 0.15) is 17.7 Å². The highest BCUT2D eigenvalue weighted by Gasteiger charge is 2.41. The average Bonchev–Trinajstić information content (AvgIpc) is 3.11. The van der Waals surface area contributed by atoms with Crippen LogP contribution in [0, 0.1) is 12.7 Å². The fourth-order valence-electron chi connectivity index (χ4n) is 5.39. The Hall–Kier alpha value is -3.03. The number of carbonyl (C=O) groups excluding carboxylic acids is 1. The number of cyclic esters (lactones) is 1. The Balaban J connectivity index is 1.69. The van der Waals surface area contributed by atoms with E-state index >= 15 is 0 Å². The van der Waals surface area contributed by atoms with Crippen LogP contribution in [0.4, 0.5) is 22.4 Å². The van der Waals surface area contributed by atoms with Crippen LogP contribution in [-0.2, 0) is 10.9 Å². The van der Waals surface area contributed by atoms with Gasteiger partial charge < -0.3 is 9.47 Å². The van der Waals surface area contributed by atoms with E-state index in [0.717, 1.165) is 54.5 Å². The topological polar surface area (TPSA) is 38.8 Å². The van der Waals surface area contributed by atoms with Gasteiger partial charge in [-0.15, -0.1) is 0 Å². The van der Waals surface area contributed by atoms with Crippen LogP contribution in [0.25, 0.3) is 5.57 Å². The van der Waals surface area contributed by atoms with E-state index in [-0.39, 0.29) is 11.7 Å². The third kappa shape index (κ3) is 5.48. The second kappa shape index (κ2) is 10.4. The van der Waals surface area contributed by atoms with Gasteiger partial charge in [-0.1, -0.05) is 25.5 Å². The number of methoxy groups -OCH3 is 1. The Kier molecular flexibility index (Phi) is 7.58. The molecule has 0 saturated carbocycles. The van der Waals surface area contributed by atoms with Gasteiger partial charge in [-0.3, -0.25) is 4.90 Å². The zero-order valence-corrected chi connectivity index (χ0v) is 21.8. The van der Waals surface area contributed by atoms with Gasteiger partial charge in [0.2, 0.25) is 0 Å². The number of allylic oxidation sites excluding steroid dienone is 1. The van der Waals surface area contributed by atoms with Gasteiger partial charge in [-0.05, 0) is 85.9 Å². The molecule has 1 aliphatic carbocycles. The van der Waals surface area contributed by atoms with Gasteiger partial charge in [0.05, 0.1) is 18.7 Å². The van der Waals surface area contributed by atoms with Crippen LogP contribution in [0.1, 0.15) is 86.3 Å². The van der Waals surface area contributed by atoms with Gasteiger partial charge in [-0.2, -0.15) is 13.2 Å². The number of hydrogen-bond donors (Lipinski definition) is 0. The predicted octanol–water partition coefficient (Wildman–Crippen LogP) is 8.19. The van der Waals surface area contributed by atoms with Crippen molar-refractivity contribution in [1.82, 2.24) is 4.90 Å². The number of rotatable bonds is 6. The van der Waals surface area contributed by atoms with Crippen molar-refractivity contribution in [3.8, 4) is 5.75 Å². The van der Waals surface area contributed by atoms with Gasteiger partial charge in [-0.25, -0.2) is 9.18 Å². The normalized spacial score (nSPS) is 20.6. The van der Waals surface area contributed by atoms with Crippen LogP contribution >= 0.6 is 0 Å². The molecule has 2 aromatic rings. The fourth-order valence-corrected chi connectivity index (χ4v) is 5.39. The van der Waals surface area contributed by atoms with Crippen LogP contribution < -0.4 is 4.74 Å². The second-order valence-corrected chi connectivity index (χ2v) is 10.3. The summed E-state index contributed by atoms with van der Waals surface area (Å²) < 4.78 is 66.0. The van der Waals surface area contributed by atoms with Crippen LogP contribution in [0.3, 0.4) is 0 Å². The molecule has 2 aromatic carbocycles. The summed E-state index contributed by atoms with van der Waals surface area (Å²) in [4.78, 5) is 14.5. The van der Waals surface area contributed by atoms with E-state index in [9.17, 15) is 22.4 Å². The minimum Gasteiger partial charge on any atom is -0.496 e. The molecular weight excluding hydrogens is 486 g/mol. The molecule has 0 radical (unpaired) electrons. The lowest BCUT2D eigenvalue weighted by molar-refractivity contribution is -0.137. The SMILES string of the molecule is COc1cc(F)c(C(C)C)cc1C1=C(CN2C(=O)O[C@H](c3cc(C)cc(C(F)(F)F)c3)[C@@H]2C)CCCC1. The van der Waals surface area contributed by atoms with Crippen LogP contribution in [0.15, 0.2) is 35.9 Å². The van der Waals surface area contributed by atoms with Crippen LogP contribution in [-0.4, -0.2) is 30.7 Å².